The predicted molar refractivity (Wildman–Crippen MR) is 108 cm³/mol. The van der Waals surface area contributed by atoms with Crippen molar-refractivity contribution in [3.8, 4) is 5.75 Å². The van der Waals surface area contributed by atoms with Crippen LogP contribution in [0.15, 0.2) is 41.3 Å². The molecule has 1 amide bonds. The Kier molecular flexibility index (Phi) is 7.35. The molecule has 0 aromatic heterocycles. The van der Waals surface area contributed by atoms with E-state index >= 15 is 0 Å². The van der Waals surface area contributed by atoms with Gasteiger partial charge >= 0.3 is 5.97 Å². The minimum atomic E-state index is -3.86. The van der Waals surface area contributed by atoms with Gasteiger partial charge in [-0.3, -0.25) is 9.59 Å². The van der Waals surface area contributed by atoms with Crippen LogP contribution >= 0.6 is 0 Å². The van der Waals surface area contributed by atoms with Crippen molar-refractivity contribution >= 4 is 27.6 Å². The van der Waals surface area contributed by atoms with E-state index in [0.29, 0.717) is 11.4 Å². The summed E-state index contributed by atoms with van der Waals surface area (Å²) in [5.74, 6) is -0.399. The summed E-state index contributed by atoms with van der Waals surface area (Å²) in [6.07, 6.45) is 0. The van der Waals surface area contributed by atoms with E-state index in [2.05, 4.69) is 14.8 Å². The number of sulfonamides is 1. The molecule has 0 radical (unpaired) electrons. The molecule has 0 spiro atoms. The summed E-state index contributed by atoms with van der Waals surface area (Å²) in [5.41, 5.74) is 3.43. The van der Waals surface area contributed by atoms with Crippen molar-refractivity contribution in [2.75, 3.05) is 25.6 Å². The predicted octanol–water partition coefficient (Wildman–Crippen LogP) is 2.08. The van der Waals surface area contributed by atoms with Gasteiger partial charge in [-0.1, -0.05) is 17.7 Å². The molecular formula is C20H24N2O6S. The Labute approximate surface area is 170 Å². The number of carbonyl (C=O) groups excluding carboxylic acids is 2. The van der Waals surface area contributed by atoms with Crippen LogP contribution in [-0.4, -0.2) is 40.6 Å². The summed E-state index contributed by atoms with van der Waals surface area (Å²) in [4.78, 5) is 23.2. The first-order valence-corrected chi connectivity index (χ1v) is 10.3. The van der Waals surface area contributed by atoms with E-state index < -0.39 is 22.5 Å². The molecule has 0 unspecified atom stereocenters. The highest BCUT2D eigenvalue weighted by Gasteiger charge is 2.16. The maximum atomic E-state index is 12.1. The standard InChI is InChI=1S/C20H24N2O6S/c1-13-9-14(2)20(15(3)10-13)28-12-18(23)22-16-5-7-17(8-6-16)29(25,26)21-11-19(24)27-4/h5-10,21H,11-12H2,1-4H3,(H,22,23). The lowest BCUT2D eigenvalue weighted by Crippen LogP contribution is -2.30. The Morgan fingerprint density at radius 3 is 2.14 bits per heavy atom. The van der Waals surface area contributed by atoms with Gasteiger partial charge in [-0.15, -0.1) is 0 Å². The van der Waals surface area contributed by atoms with Crippen LogP contribution < -0.4 is 14.8 Å². The highest BCUT2D eigenvalue weighted by Crippen LogP contribution is 2.24. The molecule has 0 aliphatic carbocycles. The number of benzene rings is 2. The van der Waals surface area contributed by atoms with Gasteiger partial charge in [0.25, 0.3) is 5.91 Å². The van der Waals surface area contributed by atoms with E-state index in [9.17, 15) is 18.0 Å². The van der Waals surface area contributed by atoms with Gasteiger partial charge in [-0.05, 0) is 56.2 Å². The molecule has 2 aromatic rings. The second kappa shape index (κ2) is 9.53. The molecule has 0 saturated carbocycles. The summed E-state index contributed by atoms with van der Waals surface area (Å²) in [6, 6.07) is 9.51. The molecule has 0 atom stereocenters. The van der Waals surface area contributed by atoms with Crippen LogP contribution in [0.2, 0.25) is 0 Å². The third kappa shape index (κ3) is 6.30. The number of methoxy groups -OCH3 is 1. The van der Waals surface area contributed by atoms with E-state index in [4.69, 9.17) is 4.74 Å². The number of hydrogen-bond acceptors (Lipinski definition) is 6. The molecule has 0 fully saturated rings. The maximum Gasteiger partial charge on any atom is 0.320 e. The first-order chi connectivity index (χ1) is 13.6. The summed E-state index contributed by atoms with van der Waals surface area (Å²) >= 11 is 0. The van der Waals surface area contributed by atoms with Gasteiger partial charge < -0.3 is 14.8 Å². The van der Waals surface area contributed by atoms with Crippen LogP contribution in [0.1, 0.15) is 16.7 Å². The zero-order chi connectivity index (χ0) is 21.6. The van der Waals surface area contributed by atoms with E-state index in [1.165, 1.54) is 31.4 Å². The molecule has 0 aliphatic rings. The molecule has 156 valence electrons. The molecule has 2 rings (SSSR count). The molecule has 0 bridgehead atoms. The average molecular weight is 420 g/mol. The fourth-order valence-electron chi connectivity index (χ4n) is 2.76. The monoisotopic (exact) mass is 420 g/mol. The molecule has 2 aromatic carbocycles. The number of nitrogens with one attached hydrogen (secondary N) is 2. The molecule has 0 saturated heterocycles. The van der Waals surface area contributed by atoms with Crippen molar-refractivity contribution in [1.82, 2.24) is 4.72 Å². The number of esters is 1. The van der Waals surface area contributed by atoms with Gasteiger partial charge in [0.15, 0.2) is 6.61 Å². The van der Waals surface area contributed by atoms with Crippen LogP contribution in [0.25, 0.3) is 0 Å². The van der Waals surface area contributed by atoms with Gasteiger partial charge in [0.05, 0.1) is 12.0 Å². The number of hydrogen-bond donors (Lipinski definition) is 2. The zero-order valence-electron chi connectivity index (χ0n) is 16.7. The van der Waals surface area contributed by atoms with E-state index in [0.717, 1.165) is 16.7 Å². The number of rotatable bonds is 8. The van der Waals surface area contributed by atoms with E-state index in [1.807, 2.05) is 32.9 Å². The van der Waals surface area contributed by atoms with Crippen LogP contribution in [0, 0.1) is 20.8 Å². The molecule has 0 heterocycles. The second-order valence-corrected chi connectivity index (χ2v) is 8.26. The Morgan fingerprint density at radius 1 is 1.00 bits per heavy atom. The van der Waals surface area contributed by atoms with Crippen molar-refractivity contribution in [3.63, 3.8) is 0 Å². The lowest BCUT2D eigenvalue weighted by atomic mass is 10.1. The zero-order valence-corrected chi connectivity index (χ0v) is 17.6. The van der Waals surface area contributed by atoms with E-state index in [-0.39, 0.29) is 17.4 Å². The van der Waals surface area contributed by atoms with Crippen molar-refractivity contribution in [2.45, 2.75) is 25.7 Å². The fraction of sp³-hybridized carbons (Fsp3) is 0.300. The molecule has 8 nitrogen and oxygen atoms in total. The van der Waals surface area contributed by atoms with Crippen molar-refractivity contribution in [2.24, 2.45) is 0 Å². The topological polar surface area (TPSA) is 111 Å². The number of ether oxygens (including phenoxy) is 2. The summed E-state index contributed by atoms with van der Waals surface area (Å²) in [7, 11) is -2.69. The van der Waals surface area contributed by atoms with Crippen molar-refractivity contribution in [1.29, 1.82) is 0 Å². The maximum absolute atomic E-state index is 12.1. The van der Waals surface area contributed by atoms with Gasteiger partial charge in [-0.2, -0.15) is 4.72 Å². The lowest BCUT2D eigenvalue weighted by Gasteiger charge is -2.13. The lowest BCUT2D eigenvalue weighted by molar-refractivity contribution is -0.139. The minimum absolute atomic E-state index is 0.0402. The SMILES string of the molecule is COC(=O)CNS(=O)(=O)c1ccc(NC(=O)COc2c(C)cc(C)cc2C)cc1. The summed E-state index contributed by atoms with van der Waals surface area (Å²) in [6.45, 7) is 5.19. The van der Waals surface area contributed by atoms with Crippen molar-refractivity contribution in [3.05, 3.63) is 53.1 Å². The Balaban J connectivity index is 1.96. The van der Waals surface area contributed by atoms with Gasteiger partial charge in [-0.25, -0.2) is 8.42 Å². The highest BCUT2D eigenvalue weighted by molar-refractivity contribution is 7.89. The normalized spacial score (nSPS) is 11.0. The van der Waals surface area contributed by atoms with E-state index in [1.54, 1.807) is 0 Å². The van der Waals surface area contributed by atoms with Gasteiger partial charge in [0, 0.05) is 5.69 Å². The van der Waals surface area contributed by atoms with Crippen LogP contribution in [0.5, 0.6) is 5.75 Å². The third-order valence-corrected chi connectivity index (χ3v) is 5.45. The molecule has 9 heteroatoms. The van der Waals surface area contributed by atoms with Gasteiger partial charge in [0.2, 0.25) is 10.0 Å². The number of amides is 1. The molecule has 2 N–H and O–H groups in total. The number of anilines is 1. The first kappa shape index (κ1) is 22.4. The second-order valence-electron chi connectivity index (χ2n) is 6.49. The Hall–Kier alpha value is -2.91. The molecule has 29 heavy (non-hydrogen) atoms. The van der Waals surface area contributed by atoms with Crippen LogP contribution in [0.3, 0.4) is 0 Å². The fourth-order valence-corrected chi connectivity index (χ4v) is 3.73. The highest BCUT2D eigenvalue weighted by atomic mass is 32.2. The third-order valence-electron chi connectivity index (χ3n) is 4.03. The smallest absolute Gasteiger partial charge is 0.320 e. The van der Waals surface area contributed by atoms with Gasteiger partial charge in [0.1, 0.15) is 12.3 Å². The Morgan fingerprint density at radius 2 is 1.59 bits per heavy atom. The van der Waals surface area contributed by atoms with Crippen LogP contribution in [0.4, 0.5) is 5.69 Å². The molecule has 0 aliphatic heterocycles. The quantitative estimate of drug-likeness (QED) is 0.633. The minimum Gasteiger partial charge on any atom is -0.483 e. The summed E-state index contributed by atoms with van der Waals surface area (Å²) in [5, 5.41) is 2.65. The molecular weight excluding hydrogens is 396 g/mol. The largest absolute Gasteiger partial charge is 0.483 e. The van der Waals surface area contributed by atoms with Crippen molar-refractivity contribution < 1.29 is 27.5 Å². The average Bonchev–Trinajstić information content (AvgIpc) is 2.65. The number of carbonyl (C=O) groups is 2. The Bertz CT molecular complexity index is 977. The summed E-state index contributed by atoms with van der Waals surface area (Å²) < 4.78 is 36.4. The number of aryl methyl sites for hydroxylation is 3. The first-order valence-electron chi connectivity index (χ1n) is 8.79. The van der Waals surface area contributed by atoms with Crippen LogP contribution in [-0.2, 0) is 24.3 Å².